The number of aromatic nitrogens is 1. The maximum atomic E-state index is 13.3. The first kappa shape index (κ1) is 18.9. The molecule has 1 N–H and O–H groups in total. The van der Waals surface area contributed by atoms with Crippen molar-refractivity contribution in [2.75, 3.05) is 44.2 Å². The van der Waals surface area contributed by atoms with Crippen molar-refractivity contribution in [3.05, 3.63) is 23.9 Å². The SMILES string of the molecule is Cl.N#Cc1ccnc(N2CCN(C(=O)[C@@]34CCCC[C@H]3CNC4)CC2)c1. The summed E-state index contributed by atoms with van der Waals surface area (Å²) in [4.78, 5) is 21.9. The zero-order valence-electron chi connectivity index (χ0n) is 15.0. The predicted molar refractivity (Wildman–Crippen MR) is 102 cm³/mol. The number of fused-ring (bicyclic) bond motifs is 1. The zero-order valence-corrected chi connectivity index (χ0v) is 15.8. The Kier molecular flexibility index (Phi) is 5.69. The van der Waals surface area contributed by atoms with E-state index in [-0.39, 0.29) is 17.8 Å². The number of amides is 1. The second-order valence-electron chi connectivity index (χ2n) is 7.52. The molecule has 2 saturated heterocycles. The number of nitrogens with one attached hydrogen (secondary N) is 1. The Morgan fingerprint density at radius 2 is 2.12 bits per heavy atom. The Balaban J connectivity index is 0.00000196. The largest absolute Gasteiger partial charge is 0.353 e. The third-order valence-electron chi connectivity index (χ3n) is 6.23. The van der Waals surface area contributed by atoms with Gasteiger partial charge in [-0.3, -0.25) is 4.79 Å². The first-order chi connectivity index (χ1) is 12.2. The molecule has 3 fully saturated rings. The van der Waals surface area contributed by atoms with E-state index in [9.17, 15) is 4.79 Å². The number of hydrogen-bond acceptors (Lipinski definition) is 5. The molecule has 2 aliphatic heterocycles. The van der Waals surface area contributed by atoms with Crippen molar-refractivity contribution in [1.82, 2.24) is 15.2 Å². The predicted octanol–water partition coefficient (Wildman–Crippen LogP) is 1.80. The smallest absolute Gasteiger partial charge is 0.230 e. The lowest BCUT2D eigenvalue weighted by Crippen LogP contribution is -2.56. The van der Waals surface area contributed by atoms with Gasteiger partial charge < -0.3 is 15.1 Å². The Bertz CT molecular complexity index is 697. The Morgan fingerprint density at radius 1 is 1.31 bits per heavy atom. The third kappa shape index (κ3) is 3.26. The van der Waals surface area contributed by atoms with E-state index in [0.717, 1.165) is 51.5 Å². The summed E-state index contributed by atoms with van der Waals surface area (Å²) >= 11 is 0. The van der Waals surface area contributed by atoms with Crippen LogP contribution in [0.1, 0.15) is 31.2 Å². The molecule has 7 heteroatoms. The number of pyridine rings is 1. The highest BCUT2D eigenvalue weighted by molar-refractivity contribution is 5.85. The molecule has 1 aromatic rings. The average Bonchev–Trinajstić information content (AvgIpc) is 3.13. The summed E-state index contributed by atoms with van der Waals surface area (Å²) in [6.07, 6.45) is 6.34. The average molecular weight is 376 g/mol. The van der Waals surface area contributed by atoms with Crippen LogP contribution in [0.5, 0.6) is 0 Å². The van der Waals surface area contributed by atoms with Crippen LogP contribution in [0.15, 0.2) is 18.3 Å². The van der Waals surface area contributed by atoms with Gasteiger partial charge in [-0.05, 0) is 37.4 Å². The molecule has 6 nitrogen and oxygen atoms in total. The molecule has 140 valence electrons. The van der Waals surface area contributed by atoms with Gasteiger partial charge in [0.15, 0.2) is 0 Å². The van der Waals surface area contributed by atoms with Crippen LogP contribution >= 0.6 is 12.4 Å². The number of nitrogens with zero attached hydrogens (tertiary/aromatic N) is 4. The molecule has 0 aromatic carbocycles. The van der Waals surface area contributed by atoms with Crippen LogP contribution in [-0.4, -0.2) is 55.1 Å². The van der Waals surface area contributed by atoms with Crippen LogP contribution in [0.25, 0.3) is 0 Å². The van der Waals surface area contributed by atoms with Crippen LogP contribution in [0.4, 0.5) is 5.82 Å². The summed E-state index contributed by atoms with van der Waals surface area (Å²) in [5, 5.41) is 12.5. The van der Waals surface area contributed by atoms with Crippen LogP contribution < -0.4 is 10.2 Å². The maximum absolute atomic E-state index is 13.3. The van der Waals surface area contributed by atoms with Gasteiger partial charge in [0.1, 0.15) is 5.82 Å². The van der Waals surface area contributed by atoms with Gasteiger partial charge in [0, 0.05) is 38.9 Å². The van der Waals surface area contributed by atoms with Crippen LogP contribution in [0.2, 0.25) is 0 Å². The van der Waals surface area contributed by atoms with Crippen molar-refractivity contribution in [3.8, 4) is 6.07 Å². The third-order valence-corrected chi connectivity index (χ3v) is 6.23. The molecule has 0 spiro atoms. The summed E-state index contributed by atoms with van der Waals surface area (Å²) in [6.45, 7) is 4.89. The topological polar surface area (TPSA) is 72.3 Å². The molecule has 1 amide bonds. The number of carbonyl (C=O) groups is 1. The van der Waals surface area contributed by atoms with E-state index in [1.54, 1.807) is 12.3 Å². The monoisotopic (exact) mass is 375 g/mol. The first-order valence-corrected chi connectivity index (χ1v) is 9.34. The van der Waals surface area contributed by atoms with E-state index >= 15 is 0 Å². The van der Waals surface area contributed by atoms with E-state index in [1.165, 1.54) is 19.3 Å². The van der Waals surface area contributed by atoms with Crippen molar-refractivity contribution >= 4 is 24.1 Å². The number of hydrogen-bond donors (Lipinski definition) is 1. The quantitative estimate of drug-likeness (QED) is 0.853. The highest BCUT2D eigenvalue weighted by atomic mass is 35.5. The molecule has 3 aliphatic rings. The fraction of sp³-hybridized carbons (Fsp3) is 0.632. The Morgan fingerprint density at radius 3 is 2.88 bits per heavy atom. The van der Waals surface area contributed by atoms with Gasteiger partial charge in [-0.15, -0.1) is 12.4 Å². The Labute approximate surface area is 161 Å². The van der Waals surface area contributed by atoms with Gasteiger partial charge in [-0.25, -0.2) is 4.98 Å². The molecular weight excluding hydrogens is 350 g/mol. The number of anilines is 1. The molecule has 2 atom stereocenters. The van der Waals surface area contributed by atoms with Gasteiger partial charge >= 0.3 is 0 Å². The van der Waals surface area contributed by atoms with E-state index in [4.69, 9.17) is 5.26 Å². The molecule has 0 unspecified atom stereocenters. The molecule has 0 radical (unpaired) electrons. The number of halogens is 1. The van der Waals surface area contributed by atoms with Crippen LogP contribution in [0, 0.1) is 22.7 Å². The summed E-state index contributed by atoms with van der Waals surface area (Å²) < 4.78 is 0. The molecule has 1 aliphatic carbocycles. The summed E-state index contributed by atoms with van der Waals surface area (Å²) in [6, 6.07) is 5.71. The van der Waals surface area contributed by atoms with Gasteiger partial charge in [0.2, 0.25) is 5.91 Å². The standard InChI is InChI=1S/C19H25N5O.ClH/c20-12-15-4-6-22-17(11-15)23-7-9-24(10-8-23)18(25)19-5-2-1-3-16(19)13-21-14-19;/h4,6,11,16,21H,1-3,5,7-10,13-14H2;1H/t16-,19+;/m0./s1. The molecule has 0 bridgehead atoms. The molecule has 1 aromatic heterocycles. The fourth-order valence-corrected chi connectivity index (χ4v) is 4.78. The first-order valence-electron chi connectivity index (χ1n) is 9.34. The van der Waals surface area contributed by atoms with Gasteiger partial charge in [0.25, 0.3) is 0 Å². The lowest BCUT2D eigenvalue weighted by molar-refractivity contribution is -0.145. The molecular formula is C19H26ClN5O. The highest BCUT2D eigenvalue weighted by Crippen LogP contribution is 2.45. The minimum atomic E-state index is -0.153. The van der Waals surface area contributed by atoms with Crippen LogP contribution in [0.3, 0.4) is 0 Å². The van der Waals surface area contributed by atoms with Crippen molar-refractivity contribution in [1.29, 1.82) is 5.26 Å². The summed E-state index contributed by atoms with van der Waals surface area (Å²) in [5.41, 5.74) is 0.476. The number of rotatable bonds is 2. The van der Waals surface area contributed by atoms with Crippen molar-refractivity contribution in [3.63, 3.8) is 0 Å². The number of piperazine rings is 1. The van der Waals surface area contributed by atoms with E-state index < -0.39 is 0 Å². The molecule has 1 saturated carbocycles. The minimum absolute atomic E-state index is 0. The van der Waals surface area contributed by atoms with Gasteiger partial charge in [0.05, 0.1) is 17.0 Å². The number of carbonyl (C=O) groups excluding carboxylic acids is 1. The van der Waals surface area contributed by atoms with Gasteiger partial charge in [-0.2, -0.15) is 5.26 Å². The van der Waals surface area contributed by atoms with E-state index in [2.05, 4.69) is 26.2 Å². The van der Waals surface area contributed by atoms with E-state index in [1.807, 2.05) is 6.07 Å². The normalized spacial score (nSPS) is 28.0. The number of nitriles is 1. The van der Waals surface area contributed by atoms with Crippen LogP contribution in [-0.2, 0) is 4.79 Å². The highest BCUT2D eigenvalue weighted by Gasteiger charge is 2.51. The van der Waals surface area contributed by atoms with Crippen molar-refractivity contribution < 1.29 is 4.79 Å². The molecule has 4 rings (SSSR count). The van der Waals surface area contributed by atoms with Crippen molar-refractivity contribution in [2.24, 2.45) is 11.3 Å². The molecule has 26 heavy (non-hydrogen) atoms. The molecule has 3 heterocycles. The summed E-state index contributed by atoms with van der Waals surface area (Å²) in [7, 11) is 0. The van der Waals surface area contributed by atoms with Gasteiger partial charge in [-0.1, -0.05) is 12.8 Å². The maximum Gasteiger partial charge on any atom is 0.230 e. The van der Waals surface area contributed by atoms with E-state index in [0.29, 0.717) is 17.4 Å². The minimum Gasteiger partial charge on any atom is -0.353 e. The lowest BCUT2D eigenvalue weighted by atomic mass is 9.67. The second-order valence-corrected chi connectivity index (χ2v) is 7.52. The summed E-state index contributed by atoms with van der Waals surface area (Å²) in [5.74, 6) is 1.71. The van der Waals surface area contributed by atoms with Crippen molar-refractivity contribution in [2.45, 2.75) is 25.7 Å². The second kappa shape index (κ2) is 7.81. The zero-order chi connectivity index (χ0) is 17.3. The fourth-order valence-electron chi connectivity index (χ4n) is 4.78. The Hall–Kier alpha value is -1.84. The lowest BCUT2D eigenvalue weighted by Gasteiger charge is -2.43.